The molecule has 0 aromatic heterocycles. The molecule has 2 atom stereocenters. The maximum Gasteiger partial charge on any atom is 0.0847 e. The Labute approximate surface area is 104 Å². The molecule has 0 aliphatic carbocycles. The Bertz CT molecular complexity index is 306. The molecule has 1 heterocycles. The number of hydrogen-bond donors (Lipinski definition) is 0. The minimum Gasteiger partial charge on any atom is -0.376 e. The monoisotopic (exact) mass is 288 g/mol. The van der Waals surface area contributed by atoms with Gasteiger partial charge in [0.2, 0.25) is 0 Å². The lowest BCUT2D eigenvalue weighted by Crippen LogP contribution is -2.23. The van der Waals surface area contributed by atoms with Crippen molar-refractivity contribution in [3.8, 4) is 0 Å². The summed E-state index contributed by atoms with van der Waals surface area (Å²) in [6.45, 7) is 0.852. The van der Waals surface area contributed by atoms with Crippen LogP contribution in [0.3, 0.4) is 0 Å². The summed E-state index contributed by atoms with van der Waals surface area (Å²) >= 11 is 9.81. The molecule has 15 heavy (non-hydrogen) atoms. The average molecular weight is 290 g/mol. The van der Waals surface area contributed by atoms with E-state index in [9.17, 15) is 0 Å². The van der Waals surface area contributed by atoms with Crippen molar-refractivity contribution < 1.29 is 4.74 Å². The van der Waals surface area contributed by atoms with Gasteiger partial charge in [-0.15, -0.1) is 11.6 Å². The van der Waals surface area contributed by atoms with Gasteiger partial charge in [-0.3, -0.25) is 0 Å². The molecule has 1 nitrogen and oxygen atoms in total. The number of halogens is 2. The maximum absolute atomic E-state index is 6.40. The van der Waals surface area contributed by atoms with E-state index in [1.54, 1.807) is 0 Å². The van der Waals surface area contributed by atoms with E-state index in [-0.39, 0.29) is 11.5 Å². The minimum absolute atomic E-state index is 0.0154. The molecular formula is C12H14BrClO. The average Bonchev–Trinajstić information content (AvgIpc) is 2.30. The van der Waals surface area contributed by atoms with Crippen LogP contribution in [0, 0.1) is 0 Å². The highest BCUT2D eigenvalue weighted by atomic mass is 79.9. The summed E-state index contributed by atoms with van der Waals surface area (Å²) in [5.41, 5.74) is 1.15. The minimum atomic E-state index is -0.0154. The molecule has 1 aromatic rings. The molecular weight excluding hydrogens is 275 g/mol. The van der Waals surface area contributed by atoms with Crippen molar-refractivity contribution in [3.63, 3.8) is 0 Å². The molecule has 1 fully saturated rings. The van der Waals surface area contributed by atoms with E-state index in [0.717, 1.165) is 23.1 Å². The van der Waals surface area contributed by atoms with E-state index in [0.29, 0.717) is 0 Å². The Balaban J connectivity index is 2.05. The van der Waals surface area contributed by atoms with E-state index >= 15 is 0 Å². The van der Waals surface area contributed by atoms with Crippen LogP contribution < -0.4 is 0 Å². The van der Waals surface area contributed by atoms with Gasteiger partial charge >= 0.3 is 0 Å². The smallest absolute Gasteiger partial charge is 0.0847 e. The summed E-state index contributed by atoms with van der Waals surface area (Å²) in [7, 11) is 0. The molecule has 1 aliphatic rings. The fourth-order valence-electron chi connectivity index (χ4n) is 1.86. The molecule has 0 bridgehead atoms. The maximum atomic E-state index is 6.40. The molecule has 0 N–H and O–H groups in total. The van der Waals surface area contributed by atoms with Gasteiger partial charge in [-0.05, 0) is 37.0 Å². The molecule has 1 aromatic carbocycles. The van der Waals surface area contributed by atoms with E-state index in [1.807, 2.05) is 12.1 Å². The highest BCUT2D eigenvalue weighted by Crippen LogP contribution is 2.32. The number of ether oxygens (including phenoxy) is 1. The van der Waals surface area contributed by atoms with Crippen LogP contribution in [0.15, 0.2) is 28.7 Å². The molecule has 0 spiro atoms. The quantitative estimate of drug-likeness (QED) is 0.738. The molecule has 0 amide bonds. The van der Waals surface area contributed by atoms with Gasteiger partial charge in [0.1, 0.15) is 0 Å². The van der Waals surface area contributed by atoms with Crippen LogP contribution in [0.2, 0.25) is 0 Å². The van der Waals surface area contributed by atoms with Crippen molar-refractivity contribution in [1.29, 1.82) is 0 Å². The second-order valence-electron chi connectivity index (χ2n) is 3.86. The third-order valence-electron chi connectivity index (χ3n) is 2.73. The lowest BCUT2D eigenvalue weighted by atomic mass is 10.0. The Morgan fingerprint density at radius 3 is 2.60 bits per heavy atom. The van der Waals surface area contributed by atoms with Crippen molar-refractivity contribution in [2.45, 2.75) is 30.7 Å². The molecule has 0 saturated carbocycles. The van der Waals surface area contributed by atoms with Crippen molar-refractivity contribution in [1.82, 2.24) is 0 Å². The van der Waals surface area contributed by atoms with Gasteiger partial charge in [-0.25, -0.2) is 0 Å². The Morgan fingerprint density at radius 1 is 1.27 bits per heavy atom. The second-order valence-corrected chi connectivity index (χ2v) is 5.24. The van der Waals surface area contributed by atoms with E-state index < -0.39 is 0 Å². The van der Waals surface area contributed by atoms with E-state index in [1.165, 1.54) is 12.8 Å². The Morgan fingerprint density at radius 2 is 2.00 bits per heavy atom. The summed E-state index contributed by atoms with van der Waals surface area (Å²) in [6.07, 6.45) is 3.65. The first-order valence-corrected chi connectivity index (χ1v) is 6.51. The third-order valence-corrected chi connectivity index (χ3v) is 3.79. The molecule has 0 radical (unpaired) electrons. The van der Waals surface area contributed by atoms with Crippen LogP contribution >= 0.6 is 27.5 Å². The van der Waals surface area contributed by atoms with Crippen molar-refractivity contribution >= 4 is 27.5 Å². The highest BCUT2D eigenvalue weighted by molar-refractivity contribution is 9.10. The van der Waals surface area contributed by atoms with Gasteiger partial charge in [0.25, 0.3) is 0 Å². The number of rotatable bonds is 2. The first-order chi connectivity index (χ1) is 7.27. The summed E-state index contributed by atoms with van der Waals surface area (Å²) in [4.78, 5) is 0. The number of hydrogen-bond acceptors (Lipinski definition) is 1. The van der Waals surface area contributed by atoms with Gasteiger partial charge < -0.3 is 4.74 Å². The van der Waals surface area contributed by atoms with Crippen LogP contribution in [0.25, 0.3) is 0 Å². The van der Waals surface area contributed by atoms with E-state index in [4.69, 9.17) is 16.3 Å². The van der Waals surface area contributed by atoms with Crippen LogP contribution in [-0.2, 0) is 4.74 Å². The van der Waals surface area contributed by atoms with Crippen LogP contribution in [0.5, 0.6) is 0 Å². The zero-order valence-corrected chi connectivity index (χ0v) is 10.8. The van der Waals surface area contributed by atoms with Crippen LogP contribution in [0.1, 0.15) is 30.2 Å². The Kier molecular flexibility index (Phi) is 4.06. The summed E-state index contributed by atoms with van der Waals surface area (Å²) in [6, 6.07) is 8.15. The standard InChI is InChI=1S/C12H14BrClO/c13-10-6-4-9(5-7-10)12(14)11-3-1-2-8-15-11/h4-7,11-12H,1-3,8H2. The van der Waals surface area contributed by atoms with Crippen molar-refractivity contribution in [2.24, 2.45) is 0 Å². The lowest BCUT2D eigenvalue weighted by molar-refractivity contribution is 0.0136. The zero-order valence-electron chi connectivity index (χ0n) is 8.46. The number of benzene rings is 1. The lowest BCUT2D eigenvalue weighted by Gasteiger charge is -2.26. The van der Waals surface area contributed by atoms with Gasteiger partial charge in [0.15, 0.2) is 0 Å². The van der Waals surface area contributed by atoms with Crippen LogP contribution in [0.4, 0.5) is 0 Å². The largest absolute Gasteiger partial charge is 0.376 e. The molecule has 1 saturated heterocycles. The van der Waals surface area contributed by atoms with Gasteiger partial charge in [-0.2, -0.15) is 0 Å². The summed E-state index contributed by atoms with van der Waals surface area (Å²) in [5, 5.41) is -0.0154. The van der Waals surface area contributed by atoms with Gasteiger partial charge in [-0.1, -0.05) is 28.1 Å². The topological polar surface area (TPSA) is 9.23 Å². The molecule has 2 unspecified atom stereocenters. The normalized spacial score (nSPS) is 23.7. The first kappa shape index (κ1) is 11.4. The molecule has 82 valence electrons. The SMILES string of the molecule is ClC(c1ccc(Br)cc1)C1CCCCO1. The van der Waals surface area contributed by atoms with Crippen molar-refractivity contribution in [3.05, 3.63) is 34.3 Å². The second kappa shape index (κ2) is 5.33. The van der Waals surface area contributed by atoms with E-state index in [2.05, 4.69) is 28.1 Å². The predicted molar refractivity (Wildman–Crippen MR) is 66.3 cm³/mol. The third kappa shape index (κ3) is 2.96. The molecule has 3 heteroatoms. The molecule has 2 rings (SSSR count). The Hall–Kier alpha value is -0.0500. The van der Waals surface area contributed by atoms with Crippen molar-refractivity contribution in [2.75, 3.05) is 6.61 Å². The fraction of sp³-hybridized carbons (Fsp3) is 0.500. The highest BCUT2D eigenvalue weighted by Gasteiger charge is 2.23. The fourth-order valence-corrected chi connectivity index (χ4v) is 2.47. The number of alkyl halides is 1. The van der Waals surface area contributed by atoms with Crippen LogP contribution in [-0.4, -0.2) is 12.7 Å². The van der Waals surface area contributed by atoms with Gasteiger partial charge in [0, 0.05) is 11.1 Å². The van der Waals surface area contributed by atoms with Gasteiger partial charge in [0.05, 0.1) is 11.5 Å². The zero-order chi connectivity index (χ0) is 10.7. The summed E-state index contributed by atoms with van der Waals surface area (Å²) < 4.78 is 6.76. The first-order valence-electron chi connectivity index (χ1n) is 5.28. The predicted octanol–water partition coefficient (Wildman–Crippen LogP) is 4.30. The summed E-state index contributed by atoms with van der Waals surface area (Å²) in [5.74, 6) is 0. The molecule has 1 aliphatic heterocycles.